The molecular formula is C16H20N2O2S. The van der Waals surface area contributed by atoms with Crippen molar-refractivity contribution in [2.45, 2.75) is 31.8 Å². The van der Waals surface area contributed by atoms with Crippen LogP contribution in [0.4, 0.5) is 0 Å². The maximum Gasteiger partial charge on any atom is 0.237 e. The van der Waals surface area contributed by atoms with Crippen molar-refractivity contribution in [2.75, 3.05) is 0 Å². The number of hydrogen-bond acceptors (Lipinski definition) is 4. The topological polar surface area (TPSA) is 75.4 Å². The van der Waals surface area contributed by atoms with Gasteiger partial charge in [-0.1, -0.05) is 18.2 Å². The molecule has 0 aliphatic carbocycles. The summed E-state index contributed by atoms with van der Waals surface area (Å²) in [6.07, 6.45) is 1.27. The Labute approximate surface area is 128 Å². The lowest BCUT2D eigenvalue weighted by molar-refractivity contribution is -0.122. The molecule has 0 fully saturated rings. The second-order valence-electron chi connectivity index (χ2n) is 5.17. The Hall–Kier alpha value is -1.85. The van der Waals surface area contributed by atoms with Crippen LogP contribution in [-0.4, -0.2) is 23.1 Å². The number of phenols is 1. The van der Waals surface area contributed by atoms with Crippen LogP contribution < -0.4 is 11.1 Å². The molecule has 1 aromatic heterocycles. The van der Waals surface area contributed by atoms with Crippen molar-refractivity contribution in [3.63, 3.8) is 0 Å². The van der Waals surface area contributed by atoms with Crippen LogP contribution in [0.2, 0.25) is 0 Å². The summed E-state index contributed by atoms with van der Waals surface area (Å²) in [5.41, 5.74) is 6.87. The van der Waals surface area contributed by atoms with Crippen molar-refractivity contribution >= 4 is 17.2 Å². The van der Waals surface area contributed by atoms with Gasteiger partial charge < -0.3 is 16.2 Å². The van der Waals surface area contributed by atoms with Crippen molar-refractivity contribution in [1.82, 2.24) is 5.32 Å². The Bertz CT molecular complexity index is 566. The number of amides is 1. The number of aromatic hydroxyl groups is 1. The number of phenolic OH excluding ortho intramolecular Hbond substituents is 1. The predicted molar refractivity (Wildman–Crippen MR) is 85.4 cm³/mol. The van der Waals surface area contributed by atoms with E-state index in [1.54, 1.807) is 35.6 Å². The summed E-state index contributed by atoms with van der Waals surface area (Å²) in [4.78, 5) is 13.3. The van der Waals surface area contributed by atoms with E-state index in [1.165, 1.54) is 4.88 Å². The number of carbonyl (C=O) groups excluding carboxylic acids is 1. The van der Waals surface area contributed by atoms with Gasteiger partial charge in [0.25, 0.3) is 0 Å². The van der Waals surface area contributed by atoms with Gasteiger partial charge in [-0.25, -0.2) is 0 Å². The molecule has 0 saturated heterocycles. The van der Waals surface area contributed by atoms with E-state index in [0.29, 0.717) is 6.42 Å². The number of benzene rings is 1. The van der Waals surface area contributed by atoms with Crippen LogP contribution in [0.3, 0.4) is 0 Å². The standard InChI is InChI=1S/C16H20N2O2S/c1-11(9-14-3-2-8-21-14)18-16(20)15(17)10-12-4-6-13(19)7-5-12/h2-8,11,15,19H,9-10,17H2,1H3,(H,18,20). The van der Waals surface area contributed by atoms with Crippen molar-refractivity contribution in [3.8, 4) is 5.75 Å². The summed E-state index contributed by atoms with van der Waals surface area (Å²) in [6, 6.07) is 10.3. The van der Waals surface area contributed by atoms with Crippen LogP contribution in [0, 0.1) is 0 Å². The van der Waals surface area contributed by atoms with E-state index in [1.807, 2.05) is 18.4 Å². The minimum Gasteiger partial charge on any atom is -0.508 e. The maximum absolute atomic E-state index is 12.1. The van der Waals surface area contributed by atoms with Gasteiger partial charge in [0.2, 0.25) is 5.91 Å². The number of rotatable bonds is 6. The van der Waals surface area contributed by atoms with Gasteiger partial charge in [-0.2, -0.15) is 0 Å². The molecule has 5 heteroatoms. The third-order valence-corrected chi connectivity index (χ3v) is 4.10. The molecule has 0 radical (unpaired) electrons. The molecule has 2 unspecified atom stereocenters. The minimum atomic E-state index is -0.583. The Balaban J connectivity index is 1.83. The van der Waals surface area contributed by atoms with Crippen LogP contribution in [0.1, 0.15) is 17.4 Å². The van der Waals surface area contributed by atoms with Gasteiger partial charge in [-0.3, -0.25) is 4.79 Å². The molecule has 1 amide bonds. The smallest absolute Gasteiger partial charge is 0.237 e. The number of thiophene rings is 1. The lowest BCUT2D eigenvalue weighted by atomic mass is 10.1. The van der Waals surface area contributed by atoms with E-state index < -0.39 is 6.04 Å². The van der Waals surface area contributed by atoms with Crippen LogP contribution in [0.15, 0.2) is 41.8 Å². The summed E-state index contributed by atoms with van der Waals surface area (Å²) in [5.74, 6) is 0.0634. The zero-order valence-corrected chi connectivity index (χ0v) is 12.8. The first kappa shape index (κ1) is 15.5. The molecule has 0 aliphatic heterocycles. The Morgan fingerprint density at radius 2 is 2.00 bits per heavy atom. The van der Waals surface area contributed by atoms with Crippen LogP contribution in [0.25, 0.3) is 0 Å². The summed E-state index contributed by atoms with van der Waals surface area (Å²) in [5, 5.41) is 14.2. The maximum atomic E-state index is 12.1. The third kappa shape index (κ3) is 4.88. The van der Waals surface area contributed by atoms with Crippen molar-refractivity contribution in [2.24, 2.45) is 5.73 Å². The fraction of sp³-hybridized carbons (Fsp3) is 0.312. The third-order valence-electron chi connectivity index (χ3n) is 3.20. The molecule has 0 aliphatic rings. The SMILES string of the molecule is CC(Cc1cccs1)NC(=O)C(N)Cc1ccc(O)cc1. The number of nitrogens with one attached hydrogen (secondary N) is 1. The fourth-order valence-electron chi connectivity index (χ4n) is 2.11. The molecule has 0 bridgehead atoms. The molecule has 21 heavy (non-hydrogen) atoms. The predicted octanol–water partition coefficient (Wildman–Crippen LogP) is 2.07. The van der Waals surface area contributed by atoms with Gasteiger partial charge in [-0.05, 0) is 42.5 Å². The monoisotopic (exact) mass is 304 g/mol. The van der Waals surface area contributed by atoms with Crippen molar-refractivity contribution in [1.29, 1.82) is 0 Å². The second-order valence-corrected chi connectivity index (χ2v) is 6.20. The average Bonchev–Trinajstić information content (AvgIpc) is 2.94. The molecular weight excluding hydrogens is 284 g/mol. The van der Waals surface area contributed by atoms with Crippen LogP contribution in [-0.2, 0) is 17.6 Å². The summed E-state index contributed by atoms with van der Waals surface area (Å²) in [7, 11) is 0. The highest BCUT2D eigenvalue weighted by Gasteiger charge is 2.16. The molecule has 4 N–H and O–H groups in total. The first-order chi connectivity index (χ1) is 10.0. The summed E-state index contributed by atoms with van der Waals surface area (Å²) in [6.45, 7) is 1.98. The van der Waals surface area contributed by atoms with E-state index >= 15 is 0 Å². The van der Waals surface area contributed by atoms with Gasteiger partial charge in [0, 0.05) is 17.3 Å². The summed E-state index contributed by atoms with van der Waals surface area (Å²) < 4.78 is 0. The van der Waals surface area contributed by atoms with E-state index in [4.69, 9.17) is 5.73 Å². The molecule has 2 atom stereocenters. The molecule has 0 spiro atoms. The molecule has 0 saturated carbocycles. The zero-order chi connectivity index (χ0) is 15.2. The largest absolute Gasteiger partial charge is 0.508 e. The van der Waals surface area contributed by atoms with Crippen LogP contribution in [0.5, 0.6) is 5.75 Å². The Kier molecular flexibility index (Phi) is 5.36. The Morgan fingerprint density at radius 1 is 1.29 bits per heavy atom. The van der Waals surface area contributed by atoms with E-state index in [0.717, 1.165) is 12.0 Å². The number of hydrogen-bond donors (Lipinski definition) is 3. The van der Waals surface area contributed by atoms with E-state index in [2.05, 4.69) is 11.4 Å². The van der Waals surface area contributed by atoms with Crippen LogP contribution >= 0.6 is 11.3 Å². The summed E-state index contributed by atoms with van der Waals surface area (Å²) >= 11 is 1.68. The van der Waals surface area contributed by atoms with Gasteiger partial charge >= 0.3 is 0 Å². The number of carbonyl (C=O) groups is 1. The molecule has 1 aromatic carbocycles. The lowest BCUT2D eigenvalue weighted by Crippen LogP contribution is -2.46. The first-order valence-electron chi connectivity index (χ1n) is 6.91. The molecule has 2 aromatic rings. The van der Waals surface area contributed by atoms with E-state index in [-0.39, 0.29) is 17.7 Å². The lowest BCUT2D eigenvalue weighted by Gasteiger charge is -2.17. The normalized spacial score (nSPS) is 13.6. The van der Waals surface area contributed by atoms with E-state index in [9.17, 15) is 9.90 Å². The molecule has 1 heterocycles. The van der Waals surface area contributed by atoms with Gasteiger partial charge in [0.15, 0.2) is 0 Å². The second kappa shape index (κ2) is 7.24. The highest BCUT2D eigenvalue weighted by molar-refractivity contribution is 7.09. The van der Waals surface area contributed by atoms with Gasteiger partial charge in [0.05, 0.1) is 6.04 Å². The van der Waals surface area contributed by atoms with Gasteiger partial charge in [-0.15, -0.1) is 11.3 Å². The number of nitrogens with two attached hydrogens (primary N) is 1. The van der Waals surface area contributed by atoms with Crippen molar-refractivity contribution < 1.29 is 9.90 Å². The molecule has 112 valence electrons. The highest BCUT2D eigenvalue weighted by atomic mass is 32.1. The highest BCUT2D eigenvalue weighted by Crippen LogP contribution is 2.12. The Morgan fingerprint density at radius 3 is 2.62 bits per heavy atom. The van der Waals surface area contributed by atoms with Gasteiger partial charge in [0.1, 0.15) is 5.75 Å². The quantitative estimate of drug-likeness (QED) is 0.765. The first-order valence-corrected chi connectivity index (χ1v) is 7.79. The minimum absolute atomic E-state index is 0.0574. The molecule has 2 rings (SSSR count). The molecule has 4 nitrogen and oxygen atoms in total. The average molecular weight is 304 g/mol. The zero-order valence-electron chi connectivity index (χ0n) is 12.0. The van der Waals surface area contributed by atoms with Crippen molar-refractivity contribution in [3.05, 3.63) is 52.2 Å². The fourth-order valence-corrected chi connectivity index (χ4v) is 2.95.